The van der Waals surface area contributed by atoms with E-state index in [-0.39, 0.29) is 11.6 Å². The van der Waals surface area contributed by atoms with Crippen LogP contribution < -0.4 is 14.8 Å². The van der Waals surface area contributed by atoms with Crippen molar-refractivity contribution in [3.8, 4) is 11.5 Å². The predicted molar refractivity (Wildman–Crippen MR) is 70.4 cm³/mol. The highest BCUT2D eigenvalue weighted by Crippen LogP contribution is 2.34. The van der Waals surface area contributed by atoms with Crippen LogP contribution in [0, 0.1) is 5.82 Å². The fourth-order valence-electron chi connectivity index (χ4n) is 2.53. The van der Waals surface area contributed by atoms with Gasteiger partial charge in [0.25, 0.3) is 0 Å². The normalized spacial score (nSPS) is 19.4. The molecular formula is C14H19FN2O2. The first-order chi connectivity index (χ1) is 9.34. The molecule has 0 aliphatic carbocycles. The van der Waals surface area contributed by atoms with Crippen molar-refractivity contribution in [2.45, 2.75) is 6.42 Å². The van der Waals surface area contributed by atoms with Crippen molar-refractivity contribution < 1.29 is 13.9 Å². The van der Waals surface area contributed by atoms with Crippen molar-refractivity contribution in [3.05, 3.63) is 23.5 Å². The second kappa shape index (κ2) is 5.75. The first kappa shape index (κ1) is 12.7. The molecule has 1 aromatic carbocycles. The van der Waals surface area contributed by atoms with E-state index < -0.39 is 0 Å². The summed E-state index contributed by atoms with van der Waals surface area (Å²) in [7, 11) is 0. The van der Waals surface area contributed by atoms with Crippen LogP contribution >= 0.6 is 0 Å². The molecule has 0 amide bonds. The van der Waals surface area contributed by atoms with Gasteiger partial charge >= 0.3 is 0 Å². The Morgan fingerprint density at radius 3 is 2.79 bits per heavy atom. The van der Waals surface area contributed by atoms with E-state index in [0.29, 0.717) is 30.9 Å². The fraction of sp³-hybridized carbons (Fsp3) is 0.571. The number of benzene rings is 1. The summed E-state index contributed by atoms with van der Waals surface area (Å²) in [4.78, 5) is 2.35. The lowest BCUT2D eigenvalue weighted by Gasteiger charge is -2.27. The number of nitrogens with zero attached hydrogens (tertiary/aromatic N) is 1. The Balaban J connectivity index is 1.67. The van der Waals surface area contributed by atoms with E-state index >= 15 is 0 Å². The number of nitrogens with one attached hydrogen (secondary N) is 1. The monoisotopic (exact) mass is 266 g/mol. The Labute approximate surface area is 112 Å². The van der Waals surface area contributed by atoms with Crippen molar-refractivity contribution >= 4 is 0 Å². The SMILES string of the molecule is Fc1c(CCN2CCNCC2)ccc2c1OCCO2. The van der Waals surface area contributed by atoms with E-state index in [1.165, 1.54) is 0 Å². The van der Waals surface area contributed by atoms with Gasteiger partial charge in [0.2, 0.25) is 0 Å². The molecule has 0 spiro atoms. The van der Waals surface area contributed by atoms with Crippen LogP contribution in [0.1, 0.15) is 5.56 Å². The lowest BCUT2D eigenvalue weighted by Crippen LogP contribution is -2.44. The zero-order valence-electron chi connectivity index (χ0n) is 11.0. The summed E-state index contributed by atoms with van der Waals surface area (Å²) < 4.78 is 25.0. The van der Waals surface area contributed by atoms with E-state index in [0.717, 1.165) is 32.7 Å². The van der Waals surface area contributed by atoms with E-state index in [2.05, 4.69) is 10.2 Å². The van der Waals surface area contributed by atoms with Gasteiger partial charge < -0.3 is 19.7 Å². The molecule has 19 heavy (non-hydrogen) atoms. The number of halogens is 1. The van der Waals surface area contributed by atoms with Crippen molar-refractivity contribution in [1.29, 1.82) is 0 Å². The molecule has 2 heterocycles. The number of piperazine rings is 1. The van der Waals surface area contributed by atoms with Crippen LogP contribution in [0.4, 0.5) is 4.39 Å². The van der Waals surface area contributed by atoms with Gasteiger partial charge in [0.1, 0.15) is 13.2 Å². The maximum absolute atomic E-state index is 14.3. The van der Waals surface area contributed by atoms with Gasteiger partial charge in [0.05, 0.1) is 0 Å². The summed E-state index contributed by atoms with van der Waals surface area (Å²) in [5.41, 5.74) is 0.711. The van der Waals surface area contributed by atoms with Crippen LogP contribution in [0.3, 0.4) is 0 Å². The maximum Gasteiger partial charge on any atom is 0.197 e. The largest absolute Gasteiger partial charge is 0.486 e. The molecule has 3 rings (SSSR count). The molecule has 1 aromatic rings. The minimum atomic E-state index is -0.257. The molecule has 0 unspecified atom stereocenters. The third-order valence-corrected chi connectivity index (χ3v) is 3.64. The summed E-state index contributed by atoms with van der Waals surface area (Å²) in [6, 6.07) is 3.62. The van der Waals surface area contributed by atoms with Gasteiger partial charge in [-0.3, -0.25) is 0 Å². The number of fused-ring (bicyclic) bond motifs is 1. The van der Waals surface area contributed by atoms with Gasteiger partial charge in [-0.2, -0.15) is 0 Å². The Morgan fingerprint density at radius 2 is 1.95 bits per heavy atom. The van der Waals surface area contributed by atoms with E-state index in [1.54, 1.807) is 0 Å². The molecule has 104 valence electrons. The summed E-state index contributed by atoms with van der Waals surface area (Å²) in [5.74, 6) is 0.547. The molecule has 2 aliphatic heterocycles. The highest BCUT2D eigenvalue weighted by molar-refractivity contribution is 5.45. The third kappa shape index (κ3) is 2.82. The van der Waals surface area contributed by atoms with E-state index in [4.69, 9.17) is 9.47 Å². The number of ether oxygens (including phenoxy) is 2. The summed E-state index contributed by atoms with van der Waals surface area (Å²) in [5, 5.41) is 3.31. The quantitative estimate of drug-likeness (QED) is 0.886. The molecule has 0 saturated carbocycles. The number of hydrogen-bond acceptors (Lipinski definition) is 4. The van der Waals surface area contributed by atoms with E-state index in [9.17, 15) is 4.39 Å². The molecule has 0 bridgehead atoms. The fourth-order valence-corrected chi connectivity index (χ4v) is 2.53. The Morgan fingerprint density at radius 1 is 1.16 bits per heavy atom. The molecular weight excluding hydrogens is 247 g/mol. The Bertz CT molecular complexity index is 447. The lowest BCUT2D eigenvalue weighted by molar-refractivity contribution is 0.163. The van der Waals surface area contributed by atoms with Crippen LogP contribution in [0.15, 0.2) is 12.1 Å². The second-order valence-corrected chi connectivity index (χ2v) is 4.90. The number of hydrogen-bond donors (Lipinski definition) is 1. The van der Waals surface area contributed by atoms with Crippen molar-refractivity contribution in [2.75, 3.05) is 45.9 Å². The van der Waals surface area contributed by atoms with Gasteiger partial charge in [-0.05, 0) is 18.1 Å². The molecule has 5 heteroatoms. The van der Waals surface area contributed by atoms with Crippen molar-refractivity contribution in [1.82, 2.24) is 10.2 Å². The highest BCUT2D eigenvalue weighted by atomic mass is 19.1. The lowest BCUT2D eigenvalue weighted by atomic mass is 10.1. The highest BCUT2D eigenvalue weighted by Gasteiger charge is 2.20. The van der Waals surface area contributed by atoms with Gasteiger partial charge in [0, 0.05) is 32.7 Å². The summed E-state index contributed by atoms with van der Waals surface area (Å²) >= 11 is 0. The molecule has 0 radical (unpaired) electrons. The van der Waals surface area contributed by atoms with Gasteiger partial charge in [-0.25, -0.2) is 4.39 Å². The second-order valence-electron chi connectivity index (χ2n) is 4.90. The average Bonchev–Trinajstić information content (AvgIpc) is 2.48. The van der Waals surface area contributed by atoms with E-state index in [1.807, 2.05) is 12.1 Å². The Kier molecular flexibility index (Phi) is 3.84. The molecule has 0 aromatic heterocycles. The zero-order chi connectivity index (χ0) is 13.1. The third-order valence-electron chi connectivity index (χ3n) is 3.64. The van der Waals surface area contributed by atoms with Crippen LogP contribution in [-0.2, 0) is 6.42 Å². The Hall–Kier alpha value is -1.33. The summed E-state index contributed by atoms with van der Waals surface area (Å²) in [6.45, 7) is 5.90. The minimum Gasteiger partial charge on any atom is -0.486 e. The topological polar surface area (TPSA) is 33.7 Å². The van der Waals surface area contributed by atoms with Gasteiger partial charge in [-0.15, -0.1) is 0 Å². The zero-order valence-corrected chi connectivity index (χ0v) is 11.0. The van der Waals surface area contributed by atoms with Crippen LogP contribution in [0.2, 0.25) is 0 Å². The molecule has 1 saturated heterocycles. The predicted octanol–water partition coefficient (Wildman–Crippen LogP) is 1.04. The van der Waals surface area contributed by atoms with Gasteiger partial charge in [0.15, 0.2) is 17.3 Å². The van der Waals surface area contributed by atoms with Crippen molar-refractivity contribution in [3.63, 3.8) is 0 Å². The minimum absolute atomic E-state index is 0.257. The van der Waals surface area contributed by atoms with Crippen LogP contribution in [0.25, 0.3) is 0 Å². The molecule has 1 N–H and O–H groups in total. The maximum atomic E-state index is 14.3. The molecule has 1 fully saturated rings. The summed E-state index contributed by atoms with van der Waals surface area (Å²) in [6.07, 6.45) is 0.711. The molecule has 2 aliphatic rings. The van der Waals surface area contributed by atoms with Crippen LogP contribution in [-0.4, -0.2) is 50.8 Å². The smallest absolute Gasteiger partial charge is 0.197 e. The molecule has 4 nitrogen and oxygen atoms in total. The standard InChI is InChI=1S/C14H19FN2O2/c15-13-11(3-6-17-7-4-16-5-8-17)1-2-12-14(13)19-10-9-18-12/h1-2,16H,3-10H2. The number of rotatable bonds is 3. The van der Waals surface area contributed by atoms with Gasteiger partial charge in [-0.1, -0.05) is 6.07 Å². The van der Waals surface area contributed by atoms with Crippen molar-refractivity contribution in [2.24, 2.45) is 0 Å². The average molecular weight is 266 g/mol. The van der Waals surface area contributed by atoms with Crippen LogP contribution in [0.5, 0.6) is 11.5 Å². The molecule has 0 atom stereocenters. The first-order valence-corrected chi connectivity index (χ1v) is 6.84. The first-order valence-electron chi connectivity index (χ1n) is 6.84.